The van der Waals surface area contributed by atoms with Crippen molar-refractivity contribution in [2.24, 2.45) is 0 Å². The third-order valence-electron chi connectivity index (χ3n) is 3.91. The molecule has 0 saturated heterocycles. The van der Waals surface area contributed by atoms with E-state index in [0.717, 1.165) is 28.0 Å². The third kappa shape index (κ3) is 4.73. The van der Waals surface area contributed by atoms with Crippen LogP contribution in [0, 0.1) is 13.8 Å². The molecule has 25 heavy (non-hydrogen) atoms. The van der Waals surface area contributed by atoms with Gasteiger partial charge in [0.25, 0.3) is 0 Å². The SMILES string of the molecule is CCC(Oc1ccc(-c2cc(C)c(OCCO)c(C)c2)cc1)C(=O)O. The Morgan fingerprint density at radius 3 is 2.16 bits per heavy atom. The van der Waals surface area contributed by atoms with E-state index >= 15 is 0 Å². The van der Waals surface area contributed by atoms with Gasteiger partial charge in [0.05, 0.1) is 6.61 Å². The highest BCUT2D eigenvalue weighted by Gasteiger charge is 2.16. The summed E-state index contributed by atoms with van der Waals surface area (Å²) in [6.07, 6.45) is -0.427. The van der Waals surface area contributed by atoms with Gasteiger partial charge >= 0.3 is 5.97 Å². The third-order valence-corrected chi connectivity index (χ3v) is 3.91. The number of ether oxygens (including phenoxy) is 2. The van der Waals surface area contributed by atoms with Crippen LogP contribution in [-0.4, -0.2) is 35.5 Å². The largest absolute Gasteiger partial charge is 0.491 e. The maximum absolute atomic E-state index is 11.1. The van der Waals surface area contributed by atoms with Crippen LogP contribution >= 0.6 is 0 Å². The van der Waals surface area contributed by atoms with E-state index < -0.39 is 12.1 Å². The molecule has 2 N–H and O–H groups in total. The lowest BCUT2D eigenvalue weighted by atomic mass is 9.99. The van der Waals surface area contributed by atoms with Crippen LogP contribution in [0.3, 0.4) is 0 Å². The number of carboxylic acids is 1. The van der Waals surface area contributed by atoms with Gasteiger partial charge < -0.3 is 19.7 Å². The average molecular weight is 344 g/mol. The molecule has 0 aromatic heterocycles. The van der Waals surface area contributed by atoms with Crippen LogP contribution in [0.25, 0.3) is 11.1 Å². The molecule has 5 nitrogen and oxygen atoms in total. The molecule has 134 valence electrons. The Bertz CT molecular complexity index is 698. The molecule has 0 spiro atoms. The molecule has 1 atom stereocenters. The summed E-state index contributed by atoms with van der Waals surface area (Å²) < 4.78 is 11.1. The highest BCUT2D eigenvalue weighted by molar-refractivity contribution is 5.73. The number of hydrogen-bond donors (Lipinski definition) is 2. The zero-order valence-electron chi connectivity index (χ0n) is 14.8. The van der Waals surface area contributed by atoms with Crippen LogP contribution in [0.15, 0.2) is 36.4 Å². The monoisotopic (exact) mass is 344 g/mol. The minimum atomic E-state index is -0.962. The van der Waals surface area contributed by atoms with Crippen molar-refractivity contribution in [2.45, 2.75) is 33.3 Å². The van der Waals surface area contributed by atoms with E-state index in [9.17, 15) is 4.79 Å². The van der Waals surface area contributed by atoms with Gasteiger partial charge in [0.1, 0.15) is 18.1 Å². The number of aliphatic carboxylic acids is 1. The number of aliphatic hydroxyl groups is 1. The Labute approximate surface area is 147 Å². The first-order valence-corrected chi connectivity index (χ1v) is 8.31. The molecule has 0 saturated carbocycles. The van der Waals surface area contributed by atoms with Crippen molar-refractivity contribution in [3.63, 3.8) is 0 Å². The Balaban J connectivity index is 2.20. The van der Waals surface area contributed by atoms with Gasteiger partial charge in [0, 0.05) is 0 Å². The average Bonchev–Trinajstić information content (AvgIpc) is 2.59. The maximum atomic E-state index is 11.1. The van der Waals surface area contributed by atoms with Gasteiger partial charge in [0.15, 0.2) is 6.10 Å². The highest BCUT2D eigenvalue weighted by Crippen LogP contribution is 2.31. The molecule has 0 amide bonds. The smallest absolute Gasteiger partial charge is 0.344 e. The summed E-state index contributed by atoms with van der Waals surface area (Å²) in [4.78, 5) is 11.1. The van der Waals surface area contributed by atoms with Gasteiger partial charge in [-0.1, -0.05) is 19.1 Å². The van der Waals surface area contributed by atoms with Crippen molar-refractivity contribution in [1.29, 1.82) is 0 Å². The minimum Gasteiger partial charge on any atom is -0.491 e. The topological polar surface area (TPSA) is 76.0 Å². The van der Waals surface area contributed by atoms with Crippen molar-refractivity contribution in [2.75, 3.05) is 13.2 Å². The minimum absolute atomic E-state index is 0.0167. The normalized spacial score (nSPS) is 11.8. The van der Waals surface area contributed by atoms with Gasteiger partial charge in [-0.3, -0.25) is 0 Å². The van der Waals surface area contributed by atoms with Crippen molar-refractivity contribution < 1.29 is 24.5 Å². The van der Waals surface area contributed by atoms with Crippen LogP contribution in [0.5, 0.6) is 11.5 Å². The van der Waals surface area contributed by atoms with Crippen LogP contribution in [0.2, 0.25) is 0 Å². The lowest BCUT2D eigenvalue weighted by molar-refractivity contribution is -0.145. The second-order valence-corrected chi connectivity index (χ2v) is 5.89. The fourth-order valence-electron chi connectivity index (χ4n) is 2.69. The molecular formula is C20H24O5. The fraction of sp³-hybridized carbons (Fsp3) is 0.350. The molecule has 2 aromatic rings. The molecule has 0 fully saturated rings. The Kier molecular flexibility index (Phi) is 6.42. The second kappa shape index (κ2) is 8.53. The Morgan fingerprint density at radius 2 is 1.68 bits per heavy atom. The van der Waals surface area contributed by atoms with Crippen LogP contribution in [0.1, 0.15) is 24.5 Å². The predicted molar refractivity (Wildman–Crippen MR) is 96.3 cm³/mol. The molecule has 1 unspecified atom stereocenters. The Hall–Kier alpha value is -2.53. The lowest BCUT2D eigenvalue weighted by Gasteiger charge is -2.15. The van der Waals surface area contributed by atoms with Crippen LogP contribution < -0.4 is 9.47 Å². The van der Waals surface area contributed by atoms with Gasteiger partial charge in [-0.15, -0.1) is 0 Å². The summed E-state index contributed by atoms with van der Waals surface area (Å²) in [5.41, 5.74) is 4.06. The number of carbonyl (C=O) groups is 1. The zero-order valence-corrected chi connectivity index (χ0v) is 14.8. The molecule has 0 bridgehead atoms. The lowest BCUT2D eigenvalue weighted by Crippen LogP contribution is -2.25. The zero-order chi connectivity index (χ0) is 18.4. The van der Waals surface area contributed by atoms with Crippen LogP contribution in [-0.2, 0) is 4.79 Å². The number of aryl methyl sites for hydroxylation is 2. The van der Waals surface area contributed by atoms with E-state index in [1.165, 1.54) is 0 Å². The molecule has 0 heterocycles. The van der Waals surface area contributed by atoms with E-state index in [-0.39, 0.29) is 13.2 Å². The number of rotatable bonds is 8. The summed E-state index contributed by atoms with van der Waals surface area (Å²) in [7, 11) is 0. The molecule has 2 rings (SSSR count). The van der Waals surface area contributed by atoms with E-state index in [1.54, 1.807) is 19.1 Å². The van der Waals surface area contributed by atoms with Crippen molar-refractivity contribution >= 4 is 5.97 Å². The Morgan fingerprint density at radius 1 is 1.08 bits per heavy atom. The summed E-state index contributed by atoms with van der Waals surface area (Å²) >= 11 is 0. The number of aliphatic hydroxyl groups excluding tert-OH is 1. The fourth-order valence-corrected chi connectivity index (χ4v) is 2.69. The quantitative estimate of drug-likeness (QED) is 0.765. The maximum Gasteiger partial charge on any atom is 0.344 e. The van der Waals surface area contributed by atoms with E-state index in [0.29, 0.717) is 12.2 Å². The molecule has 0 aliphatic rings. The van der Waals surface area contributed by atoms with Gasteiger partial charge in [-0.25, -0.2) is 4.79 Å². The number of hydrogen-bond acceptors (Lipinski definition) is 4. The first kappa shape index (κ1) is 18.8. The summed E-state index contributed by atoms with van der Waals surface area (Å²) in [6.45, 7) is 5.98. The number of carboxylic acid groups (broad SMARTS) is 1. The van der Waals surface area contributed by atoms with Crippen LogP contribution in [0.4, 0.5) is 0 Å². The molecule has 0 aliphatic heterocycles. The molecule has 0 aliphatic carbocycles. The van der Waals surface area contributed by atoms with Gasteiger partial charge in [-0.2, -0.15) is 0 Å². The molecule has 5 heteroatoms. The second-order valence-electron chi connectivity index (χ2n) is 5.89. The van der Waals surface area contributed by atoms with Crippen molar-refractivity contribution in [3.05, 3.63) is 47.5 Å². The van der Waals surface area contributed by atoms with E-state index in [2.05, 4.69) is 0 Å². The summed E-state index contributed by atoms with van der Waals surface area (Å²) in [6, 6.07) is 11.4. The van der Waals surface area contributed by atoms with Crippen molar-refractivity contribution in [3.8, 4) is 22.6 Å². The molecule has 0 radical (unpaired) electrons. The standard InChI is InChI=1S/C20H24O5/c1-4-18(20(22)23)25-17-7-5-15(6-8-17)16-11-13(2)19(14(3)12-16)24-10-9-21/h5-8,11-12,18,21H,4,9-10H2,1-3H3,(H,22,23). The predicted octanol–water partition coefficient (Wildman–Crippen LogP) is 3.58. The highest BCUT2D eigenvalue weighted by atomic mass is 16.5. The molecule has 2 aromatic carbocycles. The first-order valence-electron chi connectivity index (χ1n) is 8.31. The first-order chi connectivity index (χ1) is 12.0. The number of benzene rings is 2. The van der Waals surface area contributed by atoms with Gasteiger partial charge in [0.2, 0.25) is 0 Å². The van der Waals surface area contributed by atoms with Crippen molar-refractivity contribution in [1.82, 2.24) is 0 Å². The van der Waals surface area contributed by atoms with E-state index in [1.807, 2.05) is 38.1 Å². The molecular weight excluding hydrogens is 320 g/mol. The summed E-state index contributed by atoms with van der Waals surface area (Å²) in [5, 5.41) is 18.0. The van der Waals surface area contributed by atoms with E-state index in [4.69, 9.17) is 19.7 Å². The summed E-state index contributed by atoms with van der Waals surface area (Å²) in [5.74, 6) is 0.371. The van der Waals surface area contributed by atoms with Gasteiger partial charge in [-0.05, 0) is 66.8 Å².